The fourth-order valence-corrected chi connectivity index (χ4v) is 0.657. The Morgan fingerprint density at radius 2 is 2.57 bits per heavy atom. The second-order valence-corrected chi connectivity index (χ2v) is 2.03. The second kappa shape index (κ2) is 1.80. The average molecular weight is 102 g/mol. The smallest absolute Gasteiger partial charge is 0.0853 e. The topological polar surface area (TPSA) is 29.5 Å². The van der Waals surface area contributed by atoms with E-state index >= 15 is 0 Å². The fraction of sp³-hybridized carbons (Fsp3) is 1.00. The van der Waals surface area contributed by atoms with Crippen LogP contribution in [0, 0.1) is 5.92 Å². The van der Waals surface area contributed by atoms with E-state index in [1.54, 1.807) is 0 Å². The summed E-state index contributed by atoms with van der Waals surface area (Å²) in [7, 11) is 0. The molecule has 0 aliphatic carbocycles. The minimum absolute atomic E-state index is 0.139. The van der Waals surface area contributed by atoms with Gasteiger partial charge < -0.3 is 9.84 Å². The van der Waals surface area contributed by atoms with E-state index in [0.717, 1.165) is 6.61 Å². The summed E-state index contributed by atoms with van der Waals surface area (Å²) in [6.07, 6.45) is 0.139. The zero-order chi connectivity index (χ0) is 5.28. The molecule has 0 unspecified atom stereocenters. The Kier molecular flexibility index (Phi) is 1.30. The van der Waals surface area contributed by atoms with Crippen molar-refractivity contribution in [1.29, 1.82) is 0 Å². The molecule has 0 amide bonds. The number of hydrogen-bond donors (Lipinski definition) is 1. The molecule has 42 valence electrons. The Balaban J connectivity index is 2.16. The van der Waals surface area contributed by atoms with E-state index in [9.17, 15) is 0 Å². The predicted molar refractivity (Wildman–Crippen MR) is 26.0 cm³/mol. The number of ether oxygens (including phenoxy) is 1. The van der Waals surface area contributed by atoms with Crippen LogP contribution in [0.1, 0.15) is 6.92 Å². The lowest BCUT2D eigenvalue weighted by molar-refractivity contribution is -0.127. The SMILES string of the molecule is C[C@H]1CO[C@@H]1CO. The molecule has 0 aromatic carbocycles. The first kappa shape index (κ1) is 5.06. The first-order valence-corrected chi connectivity index (χ1v) is 2.57. The number of aliphatic hydroxyl groups is 1. The summed E-state index contributed by atoms with van der Waals surface area (Å²) in [4.78, 5) is 0. The van der Waals surface area contributed by atoms with Gasteiger partial charge in [0.25, 0.3) is 0 Å². The lowest BCUT2D eigenvalue weighted by atomic mass is 10.0. The summed E-state index contributed by atoms with van der Waals surface area (Å²) < 4.78 is 4.94. The van der Waals surface area contributed by atoms with Crippen molar-refractivity contribution in [3.05, 3.63) is 0 Å². The molecular weight excluding hydrogens is 92.1 g/mol. The molecule has 2 atom stereocenters. The van der Waals surface area contributed by atoms with Crippen molar-refractivity contribution in [2.75, 3.05) is 13.2 Å². The van der Waals surface area contributed by atoms with Crippen molar-refractivity contribution in [1.82, 2.24) is 0 Å². The highest BCUT2D eigenvalue weighted by Crippen LogP contribution is 2.17. The van der Waals surface area contributed by atoms with Crippen LogP contribution in [0.15, 0.2) is 0 Å². The highest BCUT2D eigenvalue weighted by Gasteiger charge is 2.26. The maximum atomic E-state index is 8.43. The van der Waals surface area contributed by atoms with Crippen LogP contribution in [0.3, 0.4) is 0 Å². The Morgan fingerprint density at radius 1 is 1.86 bits per heavy atom. The highest BCUT2D eigenvalue weighted by molar-refractivity contribution is 4.72. The van der Waals surface area contributed by atoms with Crippen molar-refractivity contribution in [2.24, 2.45) is 5.92 Å². The van der Waals surface area contributed by atoms with Crippen molar-refractivity contribution in [3.63, 3.8) is 0 Å². The third-order valence-corrected chi connectivity index (χ3v) is 1.39. The van der Waals surface area contributed by atoms with E-state index in [1.807, 2.05) is 0 Å². The van der Waals surface area contributed by atoms with Gasteiger partial charge in [-0.05, 0) is 0 Å². The molecule has 2 nitrogen and oxygen atoms in total. The minimum Gasteiger partial charge on any atom is -0.394 e. The Bertz CT molecular complexity index is 61.1. The van der Waals surface area contributed by atoms with Gasteiger partial charge in [0.2, 0.25) is 0 Å². The molecule has 0 bridgehead atoms. The zero-order valence-electron chi connectivity index (χ0n) is 4.42. The lowest BCUT2D eigenvalue weighted by Crippen LogP contribution is -2.40. The van der Waals surface area contributed by atoms with Gasteiger partial charge >= 0.3 is 0 Å². The van der Waals surface area contributed by atoms with Crippen molar-refractivity contribution < 1.29 is 9.84 Å². The predicted octanol–water partition coefficient (Wildman–Crippen LogP) is 0.0136. The third-order valence-electron chi connectivity index (χ3n) is 1.39. The van der Waals surface area contributed by atoms with Gasteiger partial charge in [0.15, 0.2) is 0 Å². The molecule has 1 saturated heterocycles. The summed E-state index contributed by atoms with van der Waals surface area (Å²) in [5.41, 5.74) is 0. The molecule has 1 N–H and O–H groups in total. The van der Waals surface area contributed by atoms with Crippen LogP contribution in [-0.4, -0.2) is 24.4 Å². The van der Waals surface area contributed by atoms with E-state index in [-0.39, 0.29) is 12.7 Å². The second-order valence-electron chi connectivity index (χ2n) is 2.03. The maximum Gasteiger partial charge on any atom is 0.0853 e. The zero-order valence-corrected chi connectivity index (χ0v) is 4.42. The van der Waals surface area contributed by atoms with Crippen LogP contribution in [-0.2, 0) is 4.74 Å². The summed E-state index contributed by atoms with van der Waals surface area (Å²) in [5, 5.41) is 8.43. The lowest BCUT2D eigenvalue weighted by Gasteiger charge is -2.32. The average Bonchev–Trinajstić information content (AvgIpc) is 1.65. The number of rotatable bonds is 1. The first-order chi connectivity index (χ1) is 3.34. The Labute approximate surface area is 43.1 Å². The van der Waals surface area contributed by atoms with Crippen molar-refractivity contribution in [3.8, 4) is 0 Å². The Morgan fingerprint density at radius 3 is 2.57 bits per heavy atom. The van der Waals surface area contributed by atoms with Gasteiger partial charge in [0, 0.05) is 5.92 Å². The molecule has 1 aliphatic heterocycles. The Hall–Kier alpha value is -0.0800. The fourth-order valence-electron chi connectivity index (χ4n) is 0.657. The van der Waals surface area contributed by atoms with Crippen LogP contribution in [0.2, 0.25) is 0 Å². The quantitative estimate of drug-likeness (QED) is 0.505. The van der Waals surface area contributed by atoms with E-state index in [2.05, 4.69) is 6.92 Å². The van der Waals surface area contributed by atoms with Gasteiger partial charge in [-0.2, -0.15) is 0 Å². The minimum atomic E-state index is 0.139. The molecule has 2 heteroatoms. The van der Waals surface area contributed by atoms with Gasteiger partial charge in [-0.1, -0.05) is 6.92 Å². The maximum absolute atomic E-state index is 8.43. The van der Waals surface area contributed by atoms with Gasteiger partial charge in [-0.3, -0.25) is 0 Å². The largest absolute Gasteiger partial charge is 0.394 e. The highest BCUT2D eigenvalue weighted by atomic mass is 16.5. The summed E-state index contributed by atoms with van der Waals surface area (Å²) in [5.74, 6) is 0.574. The van der Waals surface area contributed by atoms with E-state index in [0.29, 0.717) is 5.92 Å². The summed E-state index contributed by atoms with van der Waals surface area (Å²) in [6.45, 7) is 3.08. The molecule has 1 heterocycles. The summed E-state index contributed by atoms with van der Waals surface area (Å²) in [6, 6.07) is 0. The van der Waals surface area contributed by atoms with Crippen molar-refractivity contribution >= 4 is 0 Å². The van der Waals surface area contributed by atoms with Crippen LogP contribution >= 0.6 is 0 Å². The molecule has 0 radical (unpaired) electrons. The molecular formula is C5H10O2. The monoisotopic (exact) mass is 102 g/mol. The summed E-state index contributed by atoms with van der Waals surface area (Å²) >= 11 is 0. The van der Waals surface area contributed by atoms with Crippen LogP contribution < -0.4 is 0 Å². The number of aliphatic hydroxyl groups excluding tert-OH is 1. The van der Waals surface area contributed by atoms with Crippen molar-refractivity contribution in [2.45, 2.75) is 13.0 Å². The normalized spacial score (nSPS) is 40.3. The molecule has 1 rings (SSSR count). The first-order valence-electron chi connectivity index (χ1n) is 2.57. The van der Waals surface area contributed by atoms with Crippen LogP contribution in [0.4, 0.5) is 0 Å². The van der Waals surface area contributed by atoms with Crippen LogP contribution in [0.5, 0.6) is 0 Å². The number of hydrogen-bond acceptors (Lipinski definition) is 2. The van der Waals surface area contributed by atoms with Gasteiger partial charge in [-0.15, -0.1) is 0 Å². The van der Waals surface area contributed by atoms with Crippen LogP contribution in [0.25, 0.3) is 0 Å². The standard InChI is InChI=1S/C5H10O2/c1-4-3-7-5(4)2-6/h4-6H,2-3H2,1H3/t4-,5+/m0/s1. The molecule has 0 aromatic heterocycles. The van der Waals surface area contributed by atoms with E-state index in [4.69, 9.17) is 9.84 Å². The van der Waals surface area contributed by atoms with Gasteiger partial charge in [-0.25, -0.2) is 0 Å². The molecule has 0 saturated carbocycles. The van der Waals surface area contributed by atoms with E-state index < -0.39 is 0 Å². The molecule has 1 fully saturated rings. The van der Waals surface area contributed by atoms with Gasteiger partial charge in [0.05, 0.1) is 19.3 Å². The molecule has 7 heavy (non-hydrogen) atoms. The van der Waals surface area contributed by atoms with E-state index in [1.165, 1.54) is 0 Å². The molecule has 1 aliphatic rings. The van der Waals surface area contributed by atoms with Gasteiger partial charge in [0.1, 0.15) is 0 Å². The third kappa shape index (κ3) is 0.763. The molecule has 0 aromatic rings. The molecule has 0 spiro atoms.